The summed E-state index contributed by atoms with van der Waals surface area (Å²) < 4.78 is 1.90. The van der Waals surface area contributed by atoms with Crippen LogP contribution in [-0.2, 0) is 13.5 Å². The van der Waals surface area contributed by atoms with Crippen molar-refractivity contribution in [2.75, 3.05) is 19.6 Å². The fraction of sp³-hybridized carbons (Fsp3) is 0.250. The van der Waals surface area contributed by atoms with Crippen LogP contribution in [0.1, 0.15) is 36.0 Å². The predicted octanol–water partition coefficient (Wildman–Crippen LogP) is 6.38. The van der Waals surface area contributed by atoms with Gasteiger partial charge in [-0.2, -0.15) is 0 Å². The molecule has 0 atom stereocenters. The summed E-state index contributed by atoms with van der Waals surface area (Å²) in [6, 6.07) is 20.5. The fourth-order valence-electron chi connectivity index (χ4n) is 5.48. The van der Waals surface area contributed by atoms with Gasteiger partial charge in [0, 0.05) is 54.0 Å². The molecular formula is C32H32N6O3. The Kier molecular flexibility index (Phi) is 7.35. The number of imidazole rings is 1. The molecule has 0 bridgehead atoms. The number of non-ortho nitro benzene ring substituents is 1. The molecule has 1 fully saturated rings. The van der Waals surface area contributed by atoms with Gasteiger partial charge < -0.3 is 19.6 Å². The topological polar surface area (TPSA) is 113 Å². The molecule has 0 spiro atoms. The first-order valence-corrected chi connectivity index (χ1v) is 13.9. The van der Waals surface area contributed by atoms with E-state index in [9.17, 15) is 15.2 Å². The molecule has 6 rings (SSSR count). The molecule has 0 amide bonds. The number of benzene rings is 3. The molecule has 2 aromatic heterocycles. The van der Waals surface area contributed by atoms with E-state index in [2.05, 4.69) is 27.0 Å². The first-order chi connectivity index (χ1) is 19.9. The van der Waals surface area contributed by atoms with Gasteiger partial charge in [0.1, 0.15) is 0 Å². The second kappa shape index (κ2) is 11.4. The Hall–Kier alpha value is -4.76. The summed E-state index contributed by atoms with van der Waals surface area (Å²) in [5.41, 5.74) is 6.07. The number of nitro groups is 1. The molecule has 9 nitrogen and oxygen atoms in total. The predicted molar refractivity (Wildman–Crippen MR) is 161 cm³/mol. The van der Waals surface area contributed by atoms with Gasteiger partial charge in [-0.3, -0.25) is 10.1 Å². The Morgan fingerprint density at radius 3 is 2.49 bits per heavy atom. The van der Waals surface area contributed by atoms with Gasteiger partial charge in [-0.25, -0.2) is 9.98 Å². The number of aromatic amines is 1. The number of aromatic nitrogens is 3. The summed E-state index contributed by atoms with van der Waals surface area (Å²) in [5, 5.41) is 23.1. The zero-order valence-electron chi connectivity index (χ0n) is 23.0. The van der Waals surface area contributed by atoms with E-state index in [0.717, 1.165) is 29.8 Å². The lowest BCUT2D eigenvalue weighted by molar-refractivity contribution is -0.384. The molecule has 0 radical (unpaired) electrons. The van der Waals surface area contributed by atoms with E-state index < -0.39 is 4.92 Å². The number of hydrogen-bond acceptors (Lipinski definition) is 6. The monoisotopic (exact) mass is 548 g/mol. The molecule has 1 aliphatic rings. The molecule has 2 N–H and O–H groups in total. The second-order valence-corrected chi connectivity index (χ2v) is 10.6. The highest BCUT2D eigenvalue weighted by Crippen LogP contribution is 2.34. The summed E-state index contributed by atoms with van der Waals surface area (Å²) in [4.78, 5) is 26.0. The quantitative estimate of drug-likeness (QED) is 0.133. The van der Waals surface area contributed by atoms with Crippen molar-refractivity contribution >= 4 is 28.0 Å². The van der Waals surface area contributed by atoms with Gasteiger partial charge in [0.2, 0.25) is 0 Å². The van der Waals surface area contributed by atoms with Crippen molar-refractivity contribution in [1.29, 1.82) is 0 Å². The zero-order valence-corrected chi connectivity index (χ0v) is 23.0. The Morgan fingerprint density at radius 1 is 1.05 bits per heavy atom. The lowest BCUT2D eigenvalue weighted by Crippen LogP contribution is -2.31. The van der Waals surface area contributed by atoms with E-state index >= 15 is 0 Å². The molecule has 1 aliphatic heterocycles. The number of aliphatic imine (C=N–C) groups is 1. The van der Waals surface area contributed by atoms with Gasteiger partial charge in [-0.1, -0.05) is 42.8 Å². The first-order valence-electron chi connectivity index (χ1n) is 13.9. The third-order valence-corrected chi connectivity index (χ3v) is 7.71. The lowest BCUT2D eigenvalue weighted by Gasteiger charge is -2.26. The average molecular weight is 549 g/mol. The number of likely N-dealkylation sites (tertiary alicyclic amines) is 1. The molecule has 0 saturated carbocycles. The Morgan fingerprint density at radius 2 is 1.80 bits per heavy atom. The summed E-state index contributed by atoms with van der Waals surface area (Å²) in [6.07, 6.45) is 8.54. The van der Waals surface area contributed by atoms with Crippen molar-refractivity contribution < 1.29 is 10.0 Å². The van der Waals surface area contributed by atoms with Gasteiger partial charge in [-0.15, -0.1) is 0 Å². The normalized spacial score (nSPS) is 14.5. The second-order valence-electron chi connectivity index (χ2n) is 10.6. The van der Waals surface area contributed by atoms with Crippen LogP contribution in [0.15, 0.2) is 84.2 Å². The van der Waals surface area contributed by atoms with Gasteiger partial charge >= 0.3 is 0 Å². The highest BCUT2D eigenvalue weighted by atomic mass is 16.6. The van der Waals surface area contributed by atoms with Gasteiger partial charge in [0.25, 0.3) is 5.69 Å². The molecule has 1 saturated heterocycles. The molecule has 3 heterocycles. The maximum absolute atomic E-state index is 11.5. The van der Waals surface area contributed by atoms with Crippen LogP contribution in [0.2, 0.25) is 0 Å². The number of aryl methyl sites for hydroxylation is 1. The summed E-state index contributed by atoms with van der Waals surface area (Å²) >= 11 is 0. The number of piperidine rings is 1. The molecule has 9 heteroatoms. The smallest absolute Gasteiger partial charge is 0.270 e. The minimum Gasteiger partial charge on any atom is -0.494 e. The SMILES string of the molecule is Cn1cnc(-c2ccc(N=C(c3ccc(CCN4CCCCC4)cc3)c3c(O)[nH]c4ccc([N+](=O)[O-])cc34)cc2)c1. The van der Waals surface area contributed by atoms with Crippen molar-refractivity contribution in [3.05, 3.63) is 106 Å². The maximum Gasteiger partial charge on any atom is 0.270 e. The Bertz CT molecular complexity index is 1710. The molecule has 208 valence electrons. The highest BCUT2D eigenvalue weighted by Gasteiger charge is 2.21. The fourth-order valence-corrected chi connectivity index (χ4v) is 5.48. The van der Waals surface area contributed by atoms with Crippen LogP contribution < -0.4 is 0 Å². The van der Waals surface area contributed by atoms with Crippen molar-refractivity contribution in [2.24, 2.45) is 12.0 Å². The van der Waals surface area contributed by atoms with Crippen LogP contribution in [0, 0.1) is 10.1 Å². The Labute approximate surface area is 238 Å². The van der Waals surface area contributed by atoms with Crippen LogP contribution in [0.5, 0.6) is 5.88 Å². The molecule has 0 aliphatic carbocycles. The number of nitro benzene ring substituents is 1. The number of fused-ring (bicyclic) bond motifs is 1. The van der Waals surface area contributed by atoms with E-state index in [1.807, 2.05) is 54.2 Å². The third kappa shape index (κ3) is 5.76. The number of nitrogens with zero attached hydrogens (tertiary/aromatic N) is 5. The van der Waals surface area contributed by atoms with Crippen LogP contribution in [-0.4, -0.2) is 54.8 Å². The van der Waals surface area contributed by atoms with E-state index in [0.29, 0.717) is 27.9 Å². The molecule has 3 aromatic carbocycles. The number of H-pyrrole nitrogens is 1. The van der Waals surface area contributed by atoms with Gasteiger partial charge in [-0.05, 0) is 56.1 Å². The maximum atomic E-state index is 11.5. The molecule has 41 heavy (non-hydrogen) atoms. The number of aromatic hydroxyl groups is 1. The van der Waals surface area contributed by atoms with Crippen LogP contribution >= 0.6 is 0 Å². The van der Waals surface area contributed by atoms with E-state index in [-0.39, 0.29) is 11.6 Å². The summed E-state index contributed by atoms with van der Waals surface area (Å²) in [5.74, 6) is -0.0847. The minimum atomic E-state index is -0.433. The Balaban J connectivity index is 1.38. The molecule has 5 aromatic rings. The van der Waals surface area contributed by atoms with E-state index in [1.165, 1.54) is 50.0 Å². The first kappa shape index (κ1) is 26.5. The number of nitrogens with one attached hydrogen (secondary N) is 1. The van der Waals surface area contributed by atoms with Crippen LogP contribution in [0.25, 0.3) is 22.2 Å². The van der Waals surface area contributed by atoms with Crippen molar-refractivity contribution in [1.82, 2.24) is 19.4 Å². The third-order valence-electron chi connectivity index (χ3n) is 7.71. The van der Waals surface area contributed by atoms with Gasteiger partial charge in [0.05, 0.1) is 33.9 Å². The number of hydrogen-bond donors (Lipinski definition) is 2. The van der Waals surface area contributed by atoms with Gasteiger partial charge in [0.15, 0.2) is 5.88 Å². The largest absolute Gasteiger partial charge is 0.494 e. The molecule has 0 unspecified atom stereocenters. The van der Waals surface area contributed by atoms with Crippen molar-refractivity contribution in [3.63, 3.8) is 0 Å². The summed E-state index contributed by atoms with van der Waals surface area (Å²) in [6.45, 7) is 3.37. The standard InChI is InChI=1S/C32H32N6O3/c1-36-20-29(33-21-36)23-9-11-25(12-10-23)34-31(30-27-19-26(38(40)41)13-14-28(27)35-32(30)39)24-7-5-22(6-8-24)15-18-37-16-3-2-4-17-37/h5-14,19-21,35,39H,2-4,15-18H2,1H3. The lowest BCUT2D eigenvalue weighted by atomic mass is 9.98. The van der Waals surface area contributed by atoms with Crippen molar-refractivity contribution in [2.45, 2.75) is 25.7 Å². The summed E-state index contributed by atoms with van der Waals surface area (Å²) in [7, 11) is 1.93. The van der Waals surface area contributed by atoms with E-state index in [1.54, 1.807) is 12.4 Å². The number of rotatable bonds is 8. The van der Waals surface area contributed by atoms with Crippen LogP contribution in [0.4, 0.5) is 11.4 Å². The van der Waals surface area contributed by atoms with Crippen molar-refractivity contribution in [3.8, 4) is 17.1 Å². The van der Waals surface area contributed by atoms with E-state index in [4.69, 9.17) is 4.99 Å². The highest BCUT2D eigenvalue weighted by molar-refractivity contribution is 6.22. The molecular weight excluding hydrogens is 516 g/mol. The zero-order chi connectivity index (χ0) is 28.3. The van der Waals surface area contributed by atoms with Crippen LogP contribution in [0.3, 0.4) is 0 Å². The minimum absolute atomic E-state index is 0.0510. The average Bonchev–Trinajstić information content (AvgIpc) is 3.57.